The normalized spacial score (nSPS) is 10.5. The van der Waals surface area contributed by atoms with E-state index in [1.807, 2.05) is 48.6 Å². The summed E-state index contributed by atoms with van der Waals surface area (Å²) in [6.07, 6.45) is 4.80. The zero-order valence-electron chi connectivity index (χ0n) is 10.2. The monoisotopic (exact) mass is 238 g/mol. The molecule has 0 aromatic heterocycles. The third kappa shape index (κ3) is 2.86. The lowest BCUT2D eigenvalue weighted by Crippen LogP contribution is -1.89. The first kappa shape index (κ1) is 12.1. The predicted octanol–water partition coefficient (Wildman–Crippen LogP) is 3.68. The first-order valence-corrected chi connectivity index (χ1v) is 5.70. The van der Waals surface area contributed by atoms with Gasteiger partial charge in [0.2, 0.25) is 0 Å². The molecule has 90 valence electrons. The van der Waals surface area contributed by atoms with Crippen molar-refractivity contribution < 1.29 is 9.53 Å². The standard InChI is InChI=1S/C16H14O2/c1-18-16-11-14(12-17)8-10-15(16)9-7-13-5-3-2-4-6-13/h2-12H,1H3/b9-7+. The van der Waals surface area contributed by atoms with Crippen molar-refractivity contribution in [3.63, 3.8) is 0 Å². The Balaban J connectivity index is 2.29. The highest BCUT2D eigenvalue weighted by atomic mass is 16.5. The summed E-state index contributed by atoms with van der Waals surface area (Å²) < 4.78 is 5.27. The number of aldehydes is 1. The molecule has 18 heavy (non-hydrogen) atoms. The van der Waals surface area contributed by atoms with Crippen LogP contribution in [-0.2, 0) is 0 Å². The Morgan fingerprint density at radius 1 is 0.944 bits per heavy atom. The first-order valence-electron chi connectivity index (χ1n) is 5.70. The minimum atomic E-state index is 0.615. The molecule has 0 atom stereocenters. The fourth-order valence-corrected chi connectivity index (χ4v) is 1.69. The van der Waals surface area contributed by atoms with E-state index in [9.17, 15) is 4.79 Å². The van der Waals surface area contributed by atoms with Crippen molar-refractivity contribution in [3.05, 3.63) is 65.2 Å². The number of ether oxygens (including phenoxy) is 1. The van der Waals surface area contributed by atoms with Crippen LogP contribution in [0.5, 0.6) is 5.75 Å². The van der Waals surface area contributed by atoms with Gasteiger partial charge in [0.05, 0.1) is 7.11 Å². The molecule has 2 aromatic rings. The maximum atomic E-state index is 10.7. The second-order valence-corrected chi connectivity index (χ2v) is 3.86. The van der Waals surface area contributed by atoms with Gasteiger partial charge >= 0.3 is 0 Å². The van der Waals surface area contributed by atoms with E-state index in [4.69, 9.17) is 4.74 Å². The van der Waals surface area contributed by atoms with Crippen LogP contribution in [0.15, 0.2) is 48.5 Å². The third-order valence-corrected chi connectivity index (χ3v) is 2.65. The molecule has 0 saturated heterocycles. The van der Waals surface area contributed by atoms with E-state index in [2.05, 4.69) is 0 Å². The number of carbonyl (C=O) groups excluding carboxylic acids is 1. The molecule has 0 spiro atoms. The molecule has 2 heteroatoms. The number of benzene rings is 2. The predicted molar refractivity (Wildman–Crippen MR) is 73.8 cm³/mol. The molecule has 2 nitrogen and oxygen atoms in total. The minimum absolute atomic E-state index is 0.615. The molecule has 0 unspecified atom stereocenters. The van der Waals surface area contributed by atoms with Crippen LogP contribution in [0.2, 0.25) is 0 Å². The zero-order valence-corrected chi connectivity index (χ0v) is 10.2. The Morgan fingerprint density at radius 3 is 2.39 bits per heavy atom. The van der Waals surface area contributed by atoms with Crippen molar-refractivity contribution in [1.29, 1.82) is 0 Å². The average Bonchev–Trinajstić information content (AvgIpc) is 2.46. The first-order chi connectivity index (χ1) is 8.83. The SMILES string of the molecule is COc1cc(C=O)ccc1/C=C/c1ccccc1. The van der Waals surface area contributed by atoms with Crippen LogP contribution >= 0.6 is 0 Å². The quantitative estimate of drug-likeness (QED) is 0.600. The fraction of sp³-hybridized carbons (Fsp3) is 0.0625. The number of carbonyl (C=O) groups is 1. The molecule has 0 aliphatic rings. The van der Waals surface area contributed by atoms with Crippen molar-refractivity contribution in [2.45, 2.75) is 0 Å². The second-order valence-electron chi connectivity index (χ2n) is 3.86. The lowest BCUT2D eigenvalue weighted by atomic mass is 10.1. The molecule has 0 radical (unpaired) electrons. The summed E-state index contributed by atoms with van der Waals surface area (Å²) in [5.41, 5.74) is 2.69. The van der Waals surface area contributed by atoms with Crippen LogP contribution in [0.4, 0.5) is 0 Å². The second kappa shape index (κ2) is 5.82. The number of methoxy groups -OCH3 is 1. The van der Waals surface area contributed by atoms with E-state index in [0.29, 0.717) is 11.3 Å². The van der Waals surface area contributed by atoms with E-state index < -0.39 is 0 Å². The van der Waals surface area contributed by atoms with E-state index >= 15 is 0 Å². The van der Waals surface area contributed by atoms with Crippen molar-refractivity contribution in [2.75, 3.05) is 7.11 Å². The molecular formula is C16H14O2. The highest BCUT2D eigenvalue weighted by molar-refractivity contribution is 5.79. The molecule has 0 N–H and O–H groups in total. The lowest BCUT2D eigenvalue weighted by Gasteiger charge is -2.05. The van der Waals surface area contributed by atoms with Crippen molar-refractivity contribution in [1.82, 2.24) is 0 Å². The zero-order chi connectivity index (χ0) is 12.8. The van der Waals surface area contributed by atoms with Gasteiger partial charge in [-0.3, -0.25) is 4.79 Å². The largest absolute Gasteiger partial charge is 0.496 e. The third-order valence-electron chi connectivity index (χ3n) is 2.65. The topological polar surface area (TPSA) is 26.3 Å². The van der Waals surface area contributed by atoms with Crippen LogP contribution in [0.25, 0.3) is 12.2 Å². The van der Waals surface area contributed by atoms with E-state index in [1.165, 1.54) is 0 Å². The number of hydrogen-bond donors (Lipinski definition) is 0. The molecule has 0 aliphatic carbocycles. The molecular weight excluding hydrogens is 224 g/mol. The van der Waals surface area contributed by atoms with Crippen molar-refractivity contribution >= 4 is 18.4 Å². The van der Waals surface area contributed by atoms with Crippen LogP contribution < -0.4 is 4.74 Å². The van der Waals surface area contributed by atoms with Gasteiger partial charge in [-0.05, 0) is 11.6 Å². The van der Waals surface area contributed by atoms with Crippen LogP contribution in [0.3, 0.4) is 0 Å². The van der Waals surface area contributed by atoms with E-state index in [1.54, 1.807) is 19.2 Å². The molecule has 0 saturated carbocycles. The summed E-state index contributed by atoms with van der Waals surface area (Å²) >= 11 is 0. The summed E-state index contributed by atoms with van der Waals surface area (Å²) in [5, 5.41) is 0. The molecule has 0 bridgehead atoms. The molecule has 0 heterocycles. The van der Waals surface area contributed by atoms with Gasteiger partial charge in [0.1, 0.15) is 12.0 Å². The van der Waals surface area contributed by atoms with E-state index in [0.717, 1.165) is 17.4 Å². The van der Waals surface area contributed by atoms with Gasteiger partial charge < -0.3 is 4.74 Å². The van der Waals surface area contributed by atoms with Crippen LogP contribution in [0, 0.1) is 0 Å². The highest BCUT2D eigenvalue weighted by Crippen LogP contribution is 2.21. The molecule has 2 rings (SSSR count). The van der Waals surface area contributed by atoms with Crippen LogP contribution in [0.1, 0.15) is 21.5 Å². The molecule has 0 fully saturated rings. The van der Waals surface area contributed by atoms with Gasteiger partial charge in [-0.2, -0.15) is 0 Å². The van der Waals surface area contributed by atoms with Gasteiger partial charge in [0.15, 0.2) is 0 Å². The van der Waals surface area contributed by atoms with Crippen molar-refractivity contribution in [3.8, 4) is 5.75 Å². The van der Waals surface area contributed by atoms with Gasteiger partial charge in [-0.1, -0.05) is 54.6 Å². The van der Waals surface area contributed by atoms with Gasteiger partial charge in [0, 0.05) is 11.1 Å². The molecule has 0 aliphatic heterocycles. The fourth-order valence-electron chi connectivity index (χ4n) is 1.69. The van der Waals surface area contributed by atoms with Gasteiger partial charge in [0.25, 0.3) is 0 Å². The average molecular weight is 238 g/mol. The Bertz CT molecular complexity index is 557. The Labute approximate surface area is 107 Å². The van der Waals surface area contributed by atoms with Gasteiger partial charge in [-0.15, -0.1) is 0 Å². The molecule has 0 amide bonds. The van der Waals surface area contributed by atoms with Gasteiger partial charge in [-0.25, -0.2) is 0 Å². The smallest absolute Gasteiger partial charge is 0.150 e. The summed E-state index contributed by atoms with van der Waals surface area (Å²) in [6, 6.07) is 15.4. The summed E-state index contributed by atoms with van der Waals surface area (Å²) in [4.78, 5) is 10.7. The summed E-state index contributed by atoms with van der Waals surface area (Å²) in [6.45, 7) is 0. The van der Waals surface area contributed by atoms with E-state index in [-0.39, 0.29) is 0 Å². The Morgan fingerprint density at radius 2 is 1.72 bits per heavy atom. The molecule has 2 aromatic carbocycles. The highest BCUT2D eigenvalue weighted by Gasteiger charge is 2.00. The van der Waals surface area contributed by atoms with Crippen LogP contribution in [-0.4, -0.2) is 13.4 Å². The number of rotatable bonds is 4. The summed E-state index contributed by atoms with van der Waals surface area (Å²) in [7, 11) is 1.60. The summed E-state index contributed by atoms with van der Waals surface area (Å²) in [5.74, 6) is 0.701. The van der Waals surface area contributed by atoms with Crippen molar-refractivity contribution in [2.24, 2.45) is 0 Å². The maximum absolute atomic E-state index is 10.7. The Kier molecular flexibility index (Phi) is 3.92. The maximum Gasteiger partial charge on any atom is 0.150 e. The number of hydrogen-bond acceptors (Lipinski definition) is 2. The lowest BCUT2D eigenvalue weighted by molar-refractivity contribution is 0.112. The Hall–Kier alpha value is -2.35. The minimum Gasteiger partial charge on any atom is -0.496 e.